The highest BCUT2D eigenvalue weighted by atomic mass is 35.5. The zero-order valence-electron chi connectivity index (χ0n) is 13.7. The van der Waals surface area contributed by atoms with E-state index in [-0.39, 0.29) is 35.8 Å². The summed E-state index contributed by atoms with van der Waals surface area (Å²) in [6, 6.07) is 6.14. The van der Waals surface area contributed by atoms with Gasteiger partial charge >= 0.3 is 0 Å². The summed E-state index contributed by atoms with van der Waals surface area (Å²) in [4.78, 5) is 25.5. The van der Waals surface area contributed by atoms with Crippen LogP contribution in [-0.4, -0.2) is 49.7 Å². The van der Waals surface area contributed by atoms with E-state index < -0.39 is 15.9 Å². The molecule has 0 saturated carbocycles. The second-order valence-electron chi connectivity index (χ2n) is 6.07. The van der Waals surface area contributed by atoms with E-state index in [1.807, 2.05) is 0 Å². The highest BCUT2D eigenvalue weighted by molar-refractivity contribution is 7.91. The topological polar surface area (TPSA) is 83.6 Å². The lowest BCUT2D eigenvalue weighted by molar-refractivity contribution is -0.132. The van der Waals surface area contributed by atoms with Crippen molar-refractivity contribution in [1.82, 2.24) is 10.2 Å². The number of carbonyl (C=O) groups excluding carboxylic acids is 2. The molecule has 1 heterocycles. The van der Waals surface area contributed by atoms with E-state index in [0.29, 0.717) is 11.4 Å². The van der Waals surface area contributed by atoms with E-state index in [2.05, 4.69) is 5.32 Å². The molecule has 1 aliphatic rings. The number of carbonyl (C=O) groups is 2. The molecule has 0 unspecified atom stereocenters. The van der Waals surface area contributed by atoms with Gasteiger partial charge in [0.1, 0.15) is 0 Å². The summed E-state index contributed by atoms with van der Waals surface area (Å²) in [7, 11) is -1.45. The normalized spacial score (nSPS) is 20.4. The number of amides is 2. The molecule has 8 heteroatoms. The smallest absolute Gasteiger partial charge is 0.225 e. The van der Waals surface area contributed by atoms with Crippen molar-refractivity contribution < 1.29 is 18.0 Å². The van der Waals surface area contributed by atoms with Crippen molar-refractivity contribution >= 4 is 33.3 Å². The number of rotatable bonds is 5. The summed E-state index contributed by atoms with van der Waals surface area (Å²) < 4.78 is 23.2. The van der Waals surface area contributed by atoms with Crippen LogP contribution in [-0.2, 0) is 19.4 Å². The third kappa shape index (κ3) is 4.95. The van der Waals surface area contributed by atoms with Gasteiger partial charge < -0.3 is 10.2 Å². The van der Waals surface area contributed by atoms with Gasteiger partial charge in [-0.3, -0.25) is 9.59 Å². The van der Waals surface area contributed by atoms with E-state index in [9.17, 15) is 18.0 Å². The SMILES string of the molecule is CC(=O)N[C@H](CC(=O)N(C)[C@H]1CCS(=O)(=O)C1)c1ccc(Cl)cc1. The number of sulfone groups is 1. The van der Waals surface area contributed by atoms with Crippen LogP contribution in [0.2, 0.25) is 5.02 Å². The lowest BCUT2D eigenvalue weighted by Crippen LogP contribution is -2.40. The number of halogens is 1. The van der Waals surface area contributed by atoms with Crippen molar-refractivity contribution in [2.75, 3.05) is 18.6 Å². The van der Waals surface area contributed by atoms with Gasteiger partial charge in [-0.1, -0.05) is 23.7 Å². The van der Waals surface area contributed by atoms with Crippen molar-refractivity contribution in [3.8, 4) is 0 Å². The molecule has 0 bridgehead atoms. The number of nitrogens with zero attached hydrogens (tertiary/aromatic N) is 1. The van der Waals surface area contributed by atoms with Crippen molar-refractivity contribution in [3.63, 3.8) is 0 Å². The van der Waals surface area contributed by atoms with Gasteiger partial charge in [0.15, 0.2) is 9.84 Å². The molecular weight excluding hydrogens is 352 g/mol. The van der Waals surface area contributed by atoms with Crippen molar-refractivity contribution in [3.05, 3.63) is 34.9 Å². The maximum absolute atomic E-state index is 12.5. The lowest BCUT2D eigenvalue weighted by Gasteiger charge is -2.26. The Morgan fingerprint density at radius 2 is 1.96 bits per heavy atom. The Balaban J connectivity index is 2.09. The number of benzene rings is 1. The maximum atomic E-state index is 12.5. The summed E-state index contributed by atoms with van der Waals surface area (Å²) in [5, 5.41) is 3.33. The quantitative estimate of drug-likeness (QED) is 0.850. The van der Waals surface area contributed by atoms with Gasteiger partial charge in [-0.15, -0.1) is 0 Å². The van der Waals surface area contributed by atoms with Gasteiger partial charge in [0.25, 0.3) is 0 Å². The fourth-order valence-electron chi connectivity index (χ4n) is 2.80. The van der Waals surface area contributed by atoms with Crippen LogP contribution >= 0.6 is 11.6 Å². The third-order valence-electron chi connectivity index (χ3n) is 4.18. The molecule has 2 rings (SSSR count). The maximum Gasteiger partial charge on any atom is 0.225 e. The first-order chi connectivity index (χ1) is 11.2. The molecule has 2 atom stereocenters. The van der Waals surface area contributed by atoms with Crippen molar-refractivity contribution in [2.24, 2.45) is 0 Å². The Kier molecular flexibility index (Phi) is 5.87. The molecule has 132 valence electrons. The van der Waals surface area contributed by atoms with Crippen LogP contribution in [0.5, 0.6) is 0 Å². The van der Waals surface area contributed by atoms with Crippen LogP contribution in [0.15, 0.2) is 24.3 Å². The molecular formula is C16H21ClN2O4S. The van der Waals surface area contributed by atoms with Gasteiger partial charge in [0, 0.05) is 25.0 Å². The Bertz CT molecular complexity index is 718. The average molecular weight is 373 g/mol. The van der Waals surface area contributed by atoms with Crippen LogP contribution in [0.4, 0.5) is 0 Å². The predicted molar refractivity (Wildman–Crippen MR) is 92.5 cm³/mol. The van der Waals surface area contributed by atoms with E-state index >= 15 is 0 Å². The molecule has 24 heavy (non-hydrogen) atoms. The summed E-state index contributed by atoms with van der Waals surface area (Å²) in [6.07, 6.45) is 0.518. The van der Waals surface area contributed by atoms with Crippen LogP contribution in [0.3, 0.4) is 0 Å². The summed E-state index contributed by atoms with van der Waals surface area (Å²) in [5.74, 6) is -0.331. The molecule has 1 saturated heterocycles. The van der Waals surface area contributed by atoms with Crippen LogP contribution in [0.25, 0.3) is 0 Å². The van der Waals surface area contributed by atoms with Crippen LogP contribution in [0.1, 0.15) is 31.4 Å². The van der Waals surface area contributed by atoms with E-state index in [1.165, 1.54) is 11.8 Å². The number of nitrogens with one attached hydrogen (secondary N) is 1. The van der Waals surface area contributed by atoms with Gasteiger partial charge in [-0.2, -0.15) is 0 Å². The second kappa shape index (κ2) is 7.53. The van der Waals surface area contributed by atoms with Crippen molar-refractivity contribution in [2.45, 2.75) is 31.8 Å². The predicted octanol–water partition coefficient (Wildman–Crippen LogP) is 1.55. The monoisotopic (exact) mass is 372 g/mol. The highest BCUT2D eigenvalue weighted by Gasteiger charge is 2.33. The molecule has 0 aromatic heterocycles. The first kappa shape index (κ1) is 18.7. The Hall–Kier alpha value is -1.60. The molecule has 1 aliphatic heterocycles. The summed E-state index contributed by atoms with van der Waals surface area (Å²) in [5.41, 5.74) is 0.774. The Morgan fingerprint density at radius 3 is 2.46 bits per heavy atom. The molecule has 0 aliphatic carbocycles. The minimum Gasteiger partial charge on any atom is -0.349 e. The van der Waals surface area contributed by atoms with E-state index in [4.69, 9.17) is 11.6 Å². The van der Waals surface area contributed by atoms with E-state index in [0.717, 1.165) is 5.56 Å². The highest BCUT2D eigenvalue weighted by Crippen LogP contribution is 2.23. The van der Waals surface area contributed by atoms with Gasteiger partial charge in [0.2, 0.25) is 11.8 Å². The van der Waals surface area contributed by atoms with Crippen LogP contribution in [0, 0.1) is 0 Å². The Labute approximate surface area is 147 Å². The minimum atomic E-state index is -3.06. The molecule has 2 amide bonds. The molecule has 1 aromatic rings. The standard InChI is InChI=1S/C16H21ClN2O4S/c1-11(20)18-15(12-3-5-13(17)6-4-12)9-16(21)19(2)14-7-8-24(22,23)10-14/h3-6,14-15H,7-10H2,1-2H3,(H,18,20)/t14-,15+/m0/s1. The summed E-state index contributed by atoms with van der Waals surface area (Å²) >= 11 is 5.87. The zero-order chi connectivity index (χ0) is 17.9. The average Bonchev–Trinajstić information content (AvgIpc) is 2.86. The molecule has 0 spiro atoms. The molecule has 0 radical (unpaired) electrons. The first-order valence-electron chi connectivity index (χ1n) is 7.66. The fraction of sp³-hybridized carbons (Fsp3) is 0.500. The molecule has 1 N–H and O–H groups in total. The van der Waals surface area contributed by atoms with Crippen LogP contribution < -0.4 is 5.32 Å². The van der Waals surface area contributed by atoms with Gasteiger partial charge in [-0.05, 0) is 24.1 Å². The van der Waals surface area contributed by atoms with Crippen molar-refractivity contribution in [1.29, 1.82) is 0 Å². The largest absolute Gasteiger partial charge is 0.349 e. The second-order valence-corrected chi connectivity index (χ2v) is 8.74. The lowest BCUT2D eigenvalue weighted by atomic mass is 10.0. The molecule has 1 aromatic carbocycles. The van der Waals surface area contributed by atoms with Gasteiger partial charge in [0.05, 0.1) is 24.0 Å². The number of hydrogen-bond acceptors (Lipinski definition) is 4. The first-order valence-corrected chi connectivity index (χ1v) is 9.86. The van der Waals surface area contributed by atoms with E-state index in [1.54, 1.807) is 31.3 Å². The zero-order valence-corrected chi connectivity index (χ0v) is 15.2. The summed E-state index contributed by atoms with van der Waals surface area (Å²) in [6.45, 7) is 1.39. The van der Waals surface area contributed by atoms with Gasteiger partial charge in [-0.25, -0.2) is 8.42 Å². The molecule has 1 fully saturated rings. The number of hydrogen-bond donors (Lipinski definition) is 1. The fourth-order valence-corrected chi connectivity index (χ4v) is 4.70. The Morgan fingerprint density at radius 1 is 1.33 bits per heavy atom. The third-order valence-corrected chi connectivity index (χ3v) is 6.18. The molecule has 6 nitrogen and oxygen atoms in total. The minimum absolute atomic E-state index is 0.000981.